The summed E-state index contributed by atoms with van der Waals surface area (Å²) in [6.07, 6.45) is 0. The van der Waals surface area contributed by atoms with Crippen molar-refractivity contribution in [2.45, 2.75) is 0 Å². The van der Waals surface area contributed by atoms with Crippen LogP contribution in [-0.4, -0.2) is 0 Å². The Morgan fingerprint density at radius 1 is 1.22 bits per heavy atom. The summed E-state index contributed by atoms with van der Waals surface area (Å²) >= 11 is 5.59. The van der Waals surface area contributed by atoms with Gasteiger partial charge in [-0.2, -0.15) is 0 Å². The topological polar surface area (TPSA) is 4.36 Å². The van der Waals surface area contributed by atoms with Crippen molar-refractivity contribution >= 4 is 17.3 Å². The summed E-state index contributed by atoms with van der Waals surface area (Å²) in [5, 5.41) is 0.697. The Balaban J connectivity index is 3.06. The van der Waals surface area contributed by atoms with E-state index in [2.05, 4.69) is 4.85 Å². The number of halogens is 1. The fourth-order valence-corrected chi connectivity index (χ4v) is 0.653. The highest BCUT2D eigenvalue weighted by atomic mass is 35.5. The molecule has 0 atom stereocenters. The van der Waals surface area contributed by atoms with Crippen LogP contribution in [0, 0.1) is 6.57 Å². The summed E-state index contributed by atoms with van der Waals surface area (Å²) in [7, 11) is 0. The van der Waals surface area contributed by atoms with E-state index in [0.29, 0.717) is 5.02 Å². The zero-order chi connectivity index (χ0) is 6.69. The standard InChI is InChI=1S/C7H5ClN/c1-9-7-4-2-6(8)3-5-7/h1-5H/q+1. The minimum Gasteiger partial charge on any atom is -0.0843 e. The van der Waals surface area contributed by atoms with Crippen LogP contribution < -0.4 is 0 Å². The molecule has 1 aromatic carbocycles. The third kappa shape index (κ3) is 1.45. The Morgan fingerprint density at radius 3 is 2.22 bits per heavy atom. The predicted octanol–water partition coefficient (Wildman–Crippen LogP) is 2.93. The lowest BCUT2D eigenvalue weighted by atomic mass is 10.3. The molecule has 0 saturated carbocycles. The Labute approximate surface area is 58.7 Å². The molecule has 0 aliphatic rings. The van der Waals surface area contributed by atoms with E-state index in [9.17, 15) is 0 Å². The third-order valence-electron chi connectivity index (χ3n) is 0.976. The van der Waals surface area contributed by atoms with E-state index in [1.54, 1.807) is 24.3 Å². The molecule has 0 amide bonds. The molecule has 0 spiro atoms. The molecule has 44 valence electrons. The quantitative estimate of drug-likeness (QED) is 0.519. The summed E-state index contributed by atoms with van der Waals surface area (Å²) in [6.45, 7) is 4.98. The fourth-order valence-electron chi connectivity index (χ4n) is 0.527. The van der Waals surface area contributed by atoms with Crippen molar-refractivity contribution in [1.29, 1.82) is 0 Å². The molecule has 0 N–H and O–H groups in total. The van der Waals surface area contributed by atoms with Crippen LogP contribution >= 0.6 is 11.6 Å². The molecule has 1 rings (SSSR count). The molecule has 0 radical (unpaired) electrons. The first kappa shape index (κ1) is 6.12. The maximum atomic E-state index is 5.59. The minimum absolute atomic E-state index is 0.697. The SMILES string of the molecule is C#[N+]c1ccc(Cl)cc1. The number of rotatable bonds is 0. The van der Waals surface area contributed by atoms with E-state index in [-0.39, 0.29) is 0 Å². The van der Waals surface area contributed by atoms with Gasteiger partial charge in [-0.1, -0.05) is 11.6 Å². The molecule has 0 saturated heterocycles. The largest absolute Gasteiger partial charge is 0.339 e. The van der Waals surface area contributed by atoms with Gasteiger partial charge in [-0.3, -0.25) is 0 Å². The summed E-state index contributed by atoms with van der Waals surface area (Å²) in [6, 6.07) is 6.99. The minimum atomic E-state index is 0.697. The summed E-state index contributed by atoms with van der Waals surface area (Å²) < 4.78 is 0. The summed E-state index contributed by atoms with van der Waals surface area (Å²) in [5.41, 5.74) is 0.736. The molecule has 1 nitrogen and oxygen atoms in total. The smallest absolute Gasteiger partial charge is 0.0843 e. The number of hydrogen-bond donors (Lipinski definition) is 0. The van der Waals surface area contributed by atoms with Crippen LogP contribution in [0.4, 0.5) is 5.69 Å². The van der Waals surface area contributed by atoms with Gasteiger partial charge in [0, 0.05) is 17.2 Å². The Hall–Kier alpha value is -1.00. The van der Waals surface area contributed by atoms with Crippen LogP contribution in [0.1, 0.15) is 0 Å². The van der Waals surface area contributed by atoms with E-state index in [1.807, 2.05) is 0 Å². The highest BCUT2D eigenvalue weighted by Crippen LogP contribution is 2.15. The number of nitrogens with zero attached hydrogens (tertiary/aromatic N) is 1. The molecule has 9 heavy (non-hydrogen) atoms. The maximum absolute atomic E-state index is 5.59. The lowest BCUT2D eigenvalue weighted by Crippen LogP contribution is -1.59. The molecule has 1 aromatic rings. The van der Waals surface area contributed by atoms with Crippen molar-refractivity contribution in [3.05, 3.63) is 34.1 Å². The van der Waals surface area contributed by atoms with Crippen LogP contribution in [0.5, 0.6) is 0 Å². The van der Waals surface area contributed by atoms with Gasteiger partial charge >= 0.3 is 5.69 Å². The second-order valence-electron chi connectivity index (χ2n) is 1.61. The van der Waals surface area contributed by atoms with Crippen molar-refractivity contribution in [3.8, 4) is 6.57 Å². The van der Waals surface area contributed by atoms with Crippen molar-refractivity contribution in [2.75, 3.05) is 0 Å². The molecule has 0 aliphatic carbocycles. The molecular formula is C7H5ClN+. The molecule has 0 aliphatic heterocycles. The Bertz CT molecular complexity index is 232. The molecule has 0 unspecified atom stereocenters. The van der Waals surface area contributed by atoms with Crippen molar-refractivity contribution < 1.29 is 0 Å². The van der Waals surface area contributed by atoms with Gasteiger partial charge < -0.3 is 0 Å². The normalized spacial score (nSPS) is 8.44. The first-order valence-electron chi connectivity index (χ1n) is 2.49. The number of hydrogen-bond acceptors (Lipinski definition) is 0. The molecule has 0 bridgehead atoms. The Morgan fingerprint density at radius 2 is 1.78 bits per heavy atom. The number of benzene rings is 1. The van der Waals surface area contributed by atoms with Crippen LogP contribution in [0.15, 0.2) is 24.3 Å². The second-order valence-corrected chi connectivity index (χ2v) is 2.04. The maximum Gasteiger partial charge on any atom is 0.339 e. The van der Waals surface area contributed by atoms with Crippen molar-refractivity contribution in [2.24, 2.45) is 0 Å². The second kappa shape index (κ2) is 2.52. The monoisotopic (exact) mass is 138 g/mol. The lowest BCUT2D eigenvalue weighted by Gasteiger charge is -1.80. The first-order chi connectivity index (χ1) is 4.33. The van der Waals surface area contributed by atoms with Crippen molar-refractivity contribution in [3.63, 3.8) is 0 Å². The van der Waals surface area contributed by atoms with E-state index >= 15 is 0 Å². The fraction of sp³-hybridized carbons (Fsp3) is 0. The average molecular weight is 139 g/mol. The van der Waals surface area contributed by atoms with Gasteiger partial charge in [-0.15, -0.1) is 0 Å². The van der Waals surface area contributed by atoms with E-state index in [4.69, 9.17) is 18.2 Å². The molecule has 0 fully saturated rings. The van der Waals surface area contributed by atoms with E-state index in [0.717, 1.165) is 5.69 Å². The van der Waals surface area contributed by atoms with Gasteiger partial charge in [-0.25, -0.2) is 0 Å². The predicted molar refractivity (Wildman–Crippen MR) is 39.4 cm³/mol. The molecular weight excluding hydrogens is 134 g/mol. The molecule has 0 aromatic heterocycles. The van der Waals surface area contributed by atoms with E-state index < -0.39 is 0 Å². The first-order valence-corrected chi connectivity index (χ1v) is 2.87. The van der Waals surface area contributed by atoms with Crippen LogP contribution in [-0.2, 0) is 0 Å². The van der Waals surface area contributed by atoms with Gasteiger partial charge in [0.05, 0.1) is 0 Å². The summed E-state index contributed by atoms with van der Waals surface area (Å²) in [4.78, 5) is 3.45. The van der Waals surface area contributed by atoms with Crippen LogP contribution in [0.2, 0.25) is 5.02 Å². The van der Waals surface area contributed by atoms with Crippen LogP contribution in [0.3, 0.4) is 0 Å². The molecule has 2 heteroatoms. The van der Waals surface area contributed by atoms with Gasteiger partial charge in [0.25, 0.3) is 6.57 Å². The van der Waals surface area contributed by atoms with Gasteiger partial charge in [0.2, 0.25) is 0 Å². The third-order valence-corrected chi connectivity index (χ3v) is 1.23. The van der Waals surface area contributed by atoms with E-state index in [1.165, 1.54) is 0 Å². The van der Waals surface area contributed by atoms with Gasteiger partial charge in [-0.05, 0) is 17.0 Å². The highest BCUT2D eigenvalue weighted by molar-refractivity contribution is 6.30. The summed E-state index contributed by atoms with van der Waals surface area (Å²) in [5.74, 6) is 0. The van der Waals surface area contributed by atoms with Crippen molar-refractivity contribution in [1.82, 2.24) is 0 Å². The van der Waals surface area contributed by atoms with Crippen LogP contribution in [0.25, 0.3) is 4.85 Å². The zero-order valence-electron chi connectivity index (χ0n) is 4.71. The molecule has 0 heterocycles. The average Bonchev–Trinajstić information content (AvgIpc) is 1.90. The highest BCUT2D eigenvalue weighted by Gasteiger charge is 1.95. The Kier molecular flexibility index (Phi) is 1.72. The lowest BCUT2D eigenvalue weighted by molar-refractivity contribution is 1.72. The van der Waals surface area contributed by atoms with Gasteiger partial charge in [0.15, 0.2) is 0 Å². The van der Waals surface area contributed by atoms with Gasteiger partial charge in [0.1, 0.15) is 0 Å². The zero-order valence-corrected chi connectivity index (χ0v) is 5.47.